The Morgan fingerprint density at radius 3 is 2.92 bits per heavy atom. The number of aromatic nitrogens is 2. The van der Waals surface area contributed by atoms with Gasteiger partial charge < -0.3 is 9.30 Å². The van der Waals surface area contributed by atoms with Crippen LogP contribution in [0.5, 0.6) is 0 Å². The Labute approximate surface area is 73.4 Å². The molecule has 68 valence electrons. The summed E-state index contributed by atoms with van der Waals surface area (Å²) in [7, 11) is 0. The topological polar surface area (TPSA) is 27.1 Å². The van der Waals surface area contributed by atoms with Crippen LogP contribution in [-0.4, -0.2) is 22.8 Å². The van der Waals surface area contributed by atoms with E-state index < -0.39 is 0 Å². The molecule has 0 saturated carbocycles. The Bertz CT molecular complexity index is 220. The smallest absolute Gasteiger partial charge is 0.105 e. The first kappa shape index (κ1) is 9.26. The van der Waals surface area contributed by atoms with Gasteiger partial charge >= 0.3 is 0 Å². The van der Waals surface area contributed by atoms with Crippen LogP contribution in [0.15, 0.2) is 12.4 Å². The lowest BCUT2D eigenvalue weighted by Gasteiger charge is -2.04. The first-order chi connectivity index (χ1) is 5.84. The summed E-state index contributed by atoms with van der Waals surface area (Å²) in [6.45, 7) is 6.66. The maximum absolute atomic E-state index is 5.36. The van der Waals surface area contributed by atoms with Gasteiger partial charge in [0.1, 0.15) is 5.82 Å². The van der Waals surface area contributed by atoms with Gasteiger partial charge in [-0.05, 0) is 13.3 Å². The van der Waals surface area contributed by atoms with E-state index in [4.69, 9.17) is 4.74 Å². The molecule has 1 aromatic rings. The average molecular weight is 168 g/mol. The molecule has 0 unspecified atom stereocenters. The van der Waals surface area contributed by atoms with Crippen molar-refractivity contribution in [2.75, 3.05) is 13.2 Å². The summed E-state index contributed by atoms with van der Waals surface area (Å²) in [4.78, 5) is 4.12. The Hall–Kier alpha value is -0.830. The predicted octanol–water partition coefficient (Wildman–Crippen LogP) is 1.62. The quantitative estimate of drug-likeness (QED) is 0.625. The summed E-state index contributed by atoms with van der Waals surface area (Å²) in [5.74, 6) is 1.05. The first-order valence-electron chi connectivity index (χ1n) is 4.40. The molecule has 0 amide bonds. The van der Waals surface area contributed by atoms with Crippen LogP contribution >= 0.6 is 0 Å². The van der Waals surface area contributed by atoms with E-state index in [1.807, 2.05) is 19.3 Å². The monoisotopic (exact) mass is 168 g/mol. The lowest BCUT2D eigenvalue weighted by Crippen LogP contribution is -2.06. The number of ether oxygens (including phenoxy) is 1. The highest BCUT2D eigenvalue weighted by atomic mass is 16.5. The highest BCUT2D eigenvalue weighted by Crippen LogP contribution is 1.94. The van der Waals surface area contributed by atoms with E-state index in [2.05, 4.69) is 16.5 Å². The minimum absolute atomic E-state index is 0.783. The maximum atomic E-state index is 5.36. The first-order valence-corrected chi connectivity index (χ1v) is 4.40. The third-order valence-electron chi connectivity index (χ3n) is 1.75. The van der Waals surface area contributed by atoms with Crippen LogP contribution in [0.3, 0.4) is 0 Å². The Balaban J connectivity index is 2.20. The van der Waals surface area contributed by atoms with Crippen LogP contribution in [0.25, 0.3) is 0 Å². The van der Waals surface area contributed by atoms with Gasteiger partial charge in [-0.15, -0.1) is 0 Å². The van der Waals surface area contributed by atoms with E-state index in [1.54, 1.807) is 0 Å². The largest absolute Gasteiger partial charge is 0.380 e. The number of nitrogens with zero attached hydrogens (tertiary/aromatic N) is 2. The Kier molecular flexibility index (Phi) is 3.80. The van der Waals surface area contributed by atoms with Gasteiger partial charge in [0.2, 0.25) is 0 Å². The van der Waals surface area contributed by atoms with Gasteiger partial charge in [0, 0.05) is 25.5 Å². The van der Waals surface area contributed by atoms with Crippen molar-refractivity contribution < 1.29 is 4.74 Å². The van der Waals surface area contributed by atoms with E-state index >= 15 is 0 Å². The van der Waals surface area contributed by atoms with Crippen molar-refractivity contribution in [2.45, 2.75) is 26.8 Å². The van der Waals surface area contributed by atoms with Gasteiger partial charge in [0.05, 0.1) is 6.61 Å². The van der Waals surface area contributed by atoms with Crippen molar-refractivity contribution in [1.29, 1.82) is 0 Å². The summed E-state index contributed by atoms with van der Waals surface area (Å²) in [5, 5.41) is 0. The molecule has 1 heterocycles. The van der Waals surface area contributed by atoms with E-state index in [0.29, 0.717) is 0 Å². The molecule has 1 aromatic heterocycles. The Morgan fingerprint density at radius 1 is 1.50 bits per heavy atom. The molecule has 0 bridgehead atoms. The van der Waals surface area contributed by atoms with Crippen LogP contribution in [0.2, 0.25) is 0 Å². The molecule has 0 aliphatic rings. The molecular weight excluding hydrogens is 152 g/mol. The number of imidazole rings is 1. The molecule has 0 aromatic carbocycles. The summed E-state index contributed by atoms with van der Waals surface area (Å²) >= 11 is 0. The molecule has 0 N–H and O–H groups in total. The summed E-state index contributed by atoms with van der Waals surface area (Å²) < 4.78 is 7.46. The van der Waals surface area contributed by atoms with Gasteiger partial charge in [-0.2, -0.15) is 0 Å². The minimum Gasteiger partial charge on any atom is -0.380 e. The lowest BCUT2D eigenvalue weighted by molar-refractivity contribution is 0.126. The summed E-state index contributed by atoms with van der Waals surface area (Å²) in [6, 6.07) is 0. The number of hydrogen-bond donors (Lipinski definition) is 0. The fourth-order valence-electron chi connectivity index (χ4n) is 1.05. The summed E-state index contributed by atoms with van der Waals surface area (Å²) in [5.41, 5.74) is 0. The van der Waals surface area contributed by atoms with Crippen molar-refractivity contribution in [3.8, 4) is 0 Å². The number of rotatable bonds is 5. The van der Waals surface area contributed by atoms with Gasteiger partial charge in [-0.1, -0.05) is 6.92 Å². The molecule has 0 fully saturated rings. The van der Waals surface area contributed by atoms with Crippen molar-refractivity contribution in [2.24, 2.45) is 0 Å². The second kappa shape index (κ2) is 4.93. The van der Waals surface area contributed by atoms with E-state index in [-0.39, 0.29) is 0 Å². The fraction of sp³-hybridized carbons (Fsp3) is 0.667. The highest BCUT2D eigenvalue weighted by Gasteiger charge is 1.94. The van der Waals surface area contributed by atoms with Crippen molar-refractivity contribution >= 4 is 0 Å². The third kappa shape index (κ3) is 2.66. The molecule has 12 heavy (non-hydrogen) atoms. The van der Waals surface area contributed by atoms with Crippen molar-refractivity contribution in [3.63, 3.8) is 0 Å². The Morgan fingerprint density at radius 2 is 2.33 bits per heavy atom. The van der Waals surface area contributed by atoms with Crippen molar-refractivity contribution in [3.05, 3.63) is 18.2 Å². The molecule has 3 nitrogen and oxygen atoms in total. The molecule has 0 atom stereocenters. The summed E-state index contributed by atoms with van der Waals surface area (Å²) in [6.07, 6.45) is 4.88. The maximum Gasteiger partial charge on any atom is 0.105 e. The highest BCUT2D eigenvalue weighted by molar-refractivity contribution is 4.87. The fourth-order valence-corrected chi connectivity index (χ4v) is 1.05. The molecule has 3 heteroatoms. The van der Waals surface area contributed by atoms with Gasteiger partial charge in [-0.3, -0.25) is 0 Å². The van der Waals surface area contributed by atoms with Gasteiger partial charge in [0.25, 0.3) is 0 Å². The second-order valence-electron chi connectivity index (χ2n) is 2.78. The number of hydrogen-bond acceptors (Lipinski definition) is 2. The minimum atomic E-state index is 0.783. The van der Waals surface area contributed by atoms with E-state index in [9.17, 15) is 0 Å². The van der Waals surface area contributed by atoms with E-state index in [1.165, 1.54) is 0 Å². The molecule has 0 spiro atoms. The SMILES string of the molecule is CCCOCCn1ccnc1C. The van der Waals surface area contributed by atoms with Crippen LogP contribution in [0.1, 0.15) is 19.2 Å². The van der Waals surface area contributed by atoms with Crippen LogP contribution in [0, 0.1) is 6.92 Å². The average Bonchev–Trinajstić information content (AvgIpc) is 2.46. The zero-order chi connectivity index (χ0) is 8.81. The van der Waals surface area contributed by atoms with E-state index in [0.717, 1.165) is 32.0 Å². The molecule has 0 saturated heterocycles. The second-order valence-corrected chi connectivity index (χ2v) is 2.78. The molecule has 0 aliphatic heterocycles. The van der Waals surface area contributed by atoms with Crippen molar-refractivity contribution in [1.82, 2.24) is 9.55 Å². The lowest BCUT2D eigenvalue weighted by atomic mass is 10.5. The molecular formula is C9H16N2O. The standard InChI is InChI=1S/C9H16N2O/c1-3-7-12-8-6-11-5-4-10-9(11)2/h4-5H,3,6-8H2,1-2H3. The van der Waals surface area contributed by atoms with Gasteiger partial charge in [-0.25, -0.2) is 4.98 Å². The molecule has 0 radical (unpaired) electrons. The molecule has 0 aliphatic carbocycles. The number of aryl methyl sites for hydroxylation is 1. The van der Waals surface area contributed by atoms with Gasteiger partial charge in [0.15, 0.2) is 0 Å². The predicted molar refractivity (Wildman–Crippen MR) is 48.1 cm³/mol. The molecule has 1 rings (SSSR count). The normalized spacial score (nSPS) is 10.5. The van der Waals surface area contributed by atoms with Crippen LogP contribution < -0.4 is 0 Å². The third-order valence-corrected chi connectivity index (χ3v) is 1.75. The zero-order valence-electron chi connectivity index (χ0n) is 7.79. The van der Waals surface area contributed by atoms with Crippen LogP contribution in [0.4, 0.5) is 0 Å². The van der Waals surface area contributed by atoms with Crippen LogP contribution in [-0.2, 0) is 11.3 Å². The zero-order valence-corrected chi connectivity index (χ0v) is 7.79.